The number of hydrogen-bond acceptors (Lipinski definition) is 9. The molecule has 2 N–H and O–H groups in total. The third-order valence-corrected chi connectivity index (χ3v) is 7.09. The van der Waals surface area contributed by atoms with Crippen molar-refractivity contribution in [2.75, 3.05) is 38.4 Å². The number of methoxy groups -OCH3 is 1. The molecule has 0 bridgehead atoms. The van der Waals surface area contributed by atoms with Crippen molar-refractivity contribution in [3.8, 4) is 23.0 Å². The first kappa shape index (κ1) is 30.1. The lowest BCUT2D eigenvalue weighted by atomic mass is 9.73. The number of ether oxygens (including phenoxy) is 3. The minimum absolute atomic E-state index is 0.0969. The van der Waals surface area contributed by atoms with Crippen molar-refractivity contribution < 1.29 is 40.6 Å². The summed E-state index contributed by atoms with van der Waals surface area (Å²) in [6.07, 6.45) is -2.71. The Morgan fingerprint density at radius 2 is 1.78 bits per heavy atom. The van der Waals surface area contributed by atoms with Gasteiger partial charge in [0, 0.05) is 31.4 Å². The van der Waals surface area contributed by atoms with Gasteiger partial charge in [0.05, 0.1) is 24.5 Å². The lowest BCUT2D eigenvalue weighted by Crippen LogP contribution is -2.49. The second kappa shape index (κ2) is 12.3. The van der Waals surface area contributed by atoms with Gasteiger partial charge in [-0.1, -0.05) is 30.3 Å². The number of sulfonamides is 1. The summed E-state index contributed by atoms with van der Waals surface area (Å²) in [7, 11) is -2.34. The Labute approximate surface area is 235 Å². The standard InChI is InChI=1S/C27H29F3N4O6S/c1-38-25-32-22(17-23(33-25)31-13-10-18-6-8-21(9-7-18)40-27(28,29)30)19-4-3-5-20(16-19)26(11-14-39-15-12-26)24(35)34-41(2,36)37/h3-9,16-17H,10-15H2,1-2H3,(H,34,35)(H,31,32,33). The fraction of sp³-hybridized carbons (Fsp3) is 0.370. The van der Waals surface area contributed by atoms with Crippen molar-refractivity contribution in [2.45, 2.75) is 31.0 Å². The van der Waals surface area contributed by atoms with Crippen LogP contribution >= 0.6 is 0 Å². The Hall–Kier alpha value is -3.91. The van der Waals surface area contributed by atoms with Crippen LogP contribution in [0.1, 0.15) is 24.0 Å². The lowest BCUT2D eigenvalue weighted by Gasteiger charge is -2.36. The number of carbonyl (C=O) groups excluding carboxylic acids is 1. The molecule has 0 saturated carbocycles. The normalized spacial score (nSPS) is 15.1. The maximum atomic E-state index is 13.2. The second-order valence-electron chi connectivity index (χ2n) is 9.47. The summed E-state index contributed by atoms with van der Waals surface area (Å²) in [6.45, 7) is 1.01. The molecule has 2 heterocycles. The van der Waals surface area contributed by atoms with Crippen LogP contribution in [0, 0.1) is 0 Å². The van der Waals surface area contributed by atoms with Gasteiger partial charge in [0.25, 0.3) is 0 Å². The first-order valence-electron chi connectivity index (χ1n) is 12.6. The fourth-order valence-electron chi connectivity index (χ4n) is 4.56. The van der Waals surface area contributed by atoms with Crippen molar-refractivity contribution in [3.05, 3.63) is 65.7 Å². The molecule has 1 aliphatic heterocycles. The number of carbonyl (C=O) groups is 1. The third kappa shape index (κ3) is 8.07. The summed E-state index contributed by atoms with van der Waals surface area (Å²) in [5.74, 6) is -0.455. The van der Waals surface area contributed by atoms with E-state index in [1.807, 2.05) is 0 Å². The highest BCUT2D eigenvalue weighted by atomic mass is 32.2. The van der Waals surface area contributed by atoms with Crippen molar-refractivity contribution in [1.82, 2.24) is 14.7 Å². The van der Waals surface area contributed by atoms with Gasteiger partial charge in [-0.15, -0.1) is 13.2 Å². The molecule has 0 radical (unpaired) electrons. The highest BCUT2D eigenvalue weighted by Gasteiger charge is 2.43. The average Bonchev–Trinajstić information content (AvgIpc) is 2.92. The SMILES string of the molecule is COc1nc(NCCc2ccc(OC(F)(F)F)cc2)cc(-c2cccc(C3(C(=O)NS(C)(=O)=O)CCOCC3)c2)n1. The number of amides is 1. The van der Waals surface area contributed by atoms with Gasteiger partial charge >= 0.3 is 12.4 Å². The molecule has 10 nitrogen and oxygen atoms in total. The zero-order chi connectivity index (χ0) is 29.7. The van der Waals surface area contributed by atoms with Crippen molar-refractivity contribution in [1.29, 1.82) is 0 Å². The van der Waals surface area contributed by atoms with Crippen LogP contribution in [0.15, 0.2) is 54.6 Å². The number of halogens is 3. The molecule has 1 fully saturated rings. The van der Waals surface area contributed by atoms with Crippen LogP contribution < -0.4 is 19.5 Å². The van der Waals surface area contributed by atoms with Crippen molar-refractivity contribution in [3.63, 3.8) is 0 Å². The predicted molar refractivity (Wildman–Crippen MR) is 144 cm³/mol. The molecule has 1 aliphatic rings. The topological polar surface area (TPSA) is 129 Å². The van der Waals surface area contributed by atoms with Gasteiger partial charge in [-0.3, -0.25) is 9.52 Å². The van der Waals surface area contributed by atoms with Crippen LogP contribution in [-0.2, 0) is 31.4 Å². The van der Waals surface area contributed by atoms with E-state index in [9.17, 15) is 26.4 Å². The molecule has 41 heavy (non-hydrogen) atoms. The summed E-state index contributed by atoms with van der Waals surface area (Å²) in [5, 5.41) is 3.17. The maximum Gasteiger partial charge on any atom is 0.573 e. The Bertz CT molecular complexity index is 1480. The highest BCUT2D eigenvalue weighted by Crippen LogP contribution is 2.37. The molecule has 0 aliphatic carbocycles. The third-order valence-electron chi connectivity index (χ3n) is 6.53. The summed E-state index contributed by atoms with van der Waals surface area (Å²) < 4.78 is 77.6. The predicted octanol–water partition coefficient (Wildman–Crippen LogP) is 3.83. The van der Waals surface area contributed by atoms with E-state index in [4.69, 9.17) is 9.47 Å². The first-order chi connectivity index (χ1) is 19.4. The van der Waals surface area contributed by atoms with Gasteiger partial charge in [-0.25, -0.2) is 8.42 Å². The maximum absolute atomic E-state index is 13.2. The second-order valence-corrected chi connectivity index (χ2v) is 11.2. The Kier molecular flexibility index (Phi) is 9.02. The largest absolute Gasteiger partial charge is 0.573 e. The van der Waals surface area contributed by atoms with Crippen LogP contribution in [0.2, 0.25) is 0 Å². The molecule has 220 valence electrons. The number of anilines is 1. The molecule has 2 aromatic carbocycles. The monoisotopic (exact) mass is 594 g/mol. The molecule has 1 aromatic heterocycles. The number of alkyl halides is 3. The number of nitrogens with one attached hydrogen (secondary N) is 2. The molecule has 0 atom stereocenters. The van der Waals surface area contributed by atoms with E-state index < -0.39 is 27.7 Å². The zero-order valence-electron chi connectivity index (χ0n) is 22.3. The van der Waals surface area contributed by atoms with E-state index in [2.05, 4.69) is 24.7 Å². The number of aromatic nitrogens is 2. The fourth-order valence-corrected chi connectivity index (χ4v) is 5.09. The van der Waals surface area contributed by atoms with Gasteiger partial charge in [-0.05, 0) is 48.6 Å². The van der Waals surface area contributed by atoms with Crippen LogP contribution in [0.5, 0.6) is 11.8 Å². The summed E-state index contributed by atoms with van der Waals surface area (Å²) in [4.78, 5) is 22.0. The molecular weight excluding hydrogens is 565 g/mol. The average molecular weight is 595 g/mol. The van der Waals surface area contributed by atoms with Crippen LogP contribution in [-0.4, -0.2) is 63.8 Å². The molecule has 14 heteroatoms. The zero-order valence-corrected chi connectivity index (χ0v) is 23.1. The summed E-state index contributed by atoms with van der Waals surface area (Å²) in [5.41, 5.74) is 1.47. The Morgan fingerprint density at radius 3 is 2.41 bits per heavy atom. The van der Waals surface area contributed by atoms with E-state index >= 15 is 0 Å². The Balaban J connectivity index is 1.54. The number of benzene rings is 2. The number of nitrogens with zero attached hydrogens (tertiary/aromatic N) is 2. The molecule has 1 amide bonds. The van der Waals surface area contributed by atoms with Crippen LogP contribution in [0.4, 0.5) is 19.0 Å². The summed E-state index contributed by atoms with van der Waals surface area (Å²) in [6, 6.07) is 14.5. The molecule has 1 saturated heterocycles. The van der Waals surface area contributed by atoms with Crippen molar-refractivity contribution in [2.24, 2.45) is 0 Å². The Morgan fingerprint density at radius 1 is 1.07 bits per heavy atom. The van der Waals surface area contributed by atoms with Crippen molar-refractivity contribution >= 4 is 21.7 Å². The van der Waals surface area contributed by atoms with E-state index in [0.29, 0.717) is 61.7 Å². The van der Waals surface area contributed by atoms with Gasteiger partial charge in [0.15, 0.2) is 0 Å². The lowest BCUT2D eigenvalue weighted by molar-refractivity contribution is -0.274. The minimum atomic E-state index is -4.75. The smallest absolute Gasteiger partial charge is 0.467 e. The van der Waals surface area contributed by atoms with E-state index in [1.54, 1.807) is 42.5 Å². The molecule has 4 rings (SSSR count). The number of rotatable bonds is 10. The van der Waals surface area contributed by atoms with Crippen LogP contribution in [0.3, 0.4) is 0 Å². The van der Waals surface area contributed by atoms with E-state index in [0.717, 1.165) is 11.8 Å². The molecular formula is C27H29F3N4O6S. The molecule has 3 aromatic rings. The van der Waals surface area contributed by atoms with E-state index in [-0.39, 0.29) is 11.8 Å². The summed E-state index contributed by atoms with van der Waals surface area (Å²) >= 11 is 0. The first-order valence-corrected chi connectivity index (χ1v) is 14.5. The van der Waals surface area contributed by atoms with Gasteiger partial charge in [0.2, 0.25) is 15.9 Å². The quantitative estimate of drug-likeness (QED) is 0.360. The van der Waals surface area contributed by atoms with Gasteiger partial charge < -0.3 is 19.5 Å². The molecule has 0 spiro atoms. The minimum Gasteiger partial charge on any atom is -0.467 e. The van der Waals surface area contributed by atoms with Gasteiger partial charge in [-0.2, -0.15) is 9.97 Å². The highest BCUT2D eigenvalue weighted by molar-refractivity contribution is 7.89. The van der Waals surface area contributed by atoms with E-state index in [1.165, 1.54) is 19.2 Å². The van der Waals surface area contributed by atoms with Gasteiger partial charge in [0.1, 0.15) is 11.6 Å². The number of hydrogen-bond donors (Lipinski definition) is 2. The van der Waals surface area contributed by atoms with Crippen LogP contribution in [0.25, 0.3) is 11.3 Å². The molecule has 0 unspecified atom stereocenters.